The molecule has 6 rings (SSSR count). The average molecular weight is 756 g/mol. The first kappa shape index (κ1) is 34.5. The second-order valence-corrected chi connectivity index (χ2v) is 13.5. The fourth-order valence-electron chi connectivity index (χ4n) is 3.83. The van der Waals surface area contributed by atoms with E-state index in [1.165, 1.54) is 48.5 Å². The van der Waals surface area contributed by atoms with Crippen molar-refractivity contribution in [1.82, 2.24) is 19.9 Å². The fourth-order valence-corrected chi connectivity index (χ4v) is 6.20. The molecule has 0 aliphatic heterocycles. The van der Waals surface area contributed by atoms with E-state index in [1.54, 1.807) is 17.8 Å². The summed E-state index contributed by atoms with van der Waals surface area (Å²) in [6, 6.07) is 14.7. The highest BCUT2D eigenvalue weighted by atomic mass is 35.5. The van der Waals surface area contributed by atoms with Gasteiger partial charge < -0.3 is 8.83 Å². The first-order chi connectivity index (χ1) is 21.7. The average Bonchev–Trinajstić information content (AvgIpc) is 3.58. The van der Waals surface area contributed by atoms with Crippen LogP contribution < -0.4 is 0 Å². The quantitative estimate of drug-likeness (QED) is 0.0938. The van der Waals surface area contributed by atoms with Gasteiger partial charge in [-0.05, 0) is 89.9 Å². The van der Waals surface area contributed by atoms with E-state index in [-0.39, 0.29) is 66.5 Å². The van der Waals surface area contributed by atoms with Crippen molar-refractivity contribution in [2.45, 2.75) is 32.6 Å². The Morgan fingerprint density at radius 1 is 0.630 bits per heavy atom. The first-order valence-corrected chi connectivity index (χ1v) is 16.4. The molecule has 240 valence electrons. The minimum Gasteiger partial charge on any atom is -0.435 e. The third-order valence-corrected chi connectivity index (χ3v) is 8.62. The number of benzene rings is 2. The van der Waals surface area contributed by atoms with Crippen molar-refractivity contribution in [2.75, 3.05) is 5.75 Å². The highest BCUT2D eigenvalue weighted by Crippen LogP contribution is 2.40. The molecule has 0 saturated heterocycles. The van der Waals surface area contributed by atoms with E-state index < -0.39 is 11.0 Å². The third-order valence-electron chi connectivity index (χ3n) is 5.53. The smallest absolute Gasteiger partial charge is 0.435 e. The van der Waals surface area contributed by atoms with E-state index >= 15 is 0 Å². The summed E-state index contributed by atoms with van der Waals surface area (Å²) in [6.07, 6.45) is 0. The number of alkyl halides is 6. The molecular weight excluding hydrogens is 741 g/mol. The maximum Gasteiger partial charge on any atom is 0.446 e. The molecule has 0 bridgehead atoms. The second-order valence-electron chi connectivity index (χ2n) is 8.77. The SMILES string of the molecule is CCSc1ccc(Cl)nc1-c1nc2cc(SC(F)(F)F)ccc2o1.FC(F)(F)Sc1ccc2oc(-c3nc(Cl)ccc3Cl)nc2c1. The van der Waals surface area contributed by atoms with Crippen LogP contribution in [0.5, 0.6) is 0 Å². The molecule has 2 aromatic carbocycles. The van der Waals surface area contributed by atoms with Crippen LogP contribution in [0.4, 0.5) is 26.3 Å². The number of fused-ring (bicyclic) bond motifs is 2. The highest BCUT2D eigenvalue weighted by Gasteiger charge is 2.30. The van der Waals surface area contributed by atoms with E-state index in [1.807, 2.05) is 13.0 Å². The van der Waals surface area contributed by atoms with Crippen molar-refractivity contribution in [3.05, 3.63) is 76.0 Å². The zero-order valence-electron chi connectivity index (χ0n) is 22.7. The summed E-state index contributed by atoms with van der Waals surface area (Å²) in [7, 11) is 0. The van der Waals surface area contributed by atoms with Crippen molar-refractivity contribution in [1.29, 1.82) is 0 Å². The number of rotatable bonds is 6. The minimum atomic E-state index is -4.36. The molecule has 18 heteroatoms. The summed E-state index contributed by atoms with van der Waals surface area (Å²) in [5, 5.41) is 0.775. The van der Waals surface area contributed by atoms with Crippen molar-refractivity contribution in [3.8, 4) is 23.2 Å². The Bertz CT molecular complexity index is 2020. The molecule has 0 N–H and O–H groups in total. The summed E-state index contributed by atoms with van der Waals surface area (Å²) in [5.41, 5.74) is -6.65. The highest BCUT2D eigenvalue weighted by molar-refractivity contribution is 8.00. The molecule has 4 heterocycles. The normalized spacial score (nSPS) is 12.0. The largest absolute Gasteiger partial charge is 0.446 e. The van der Waals surface area contributed by atoms with Crippen LogP contribution >= 0.6 is 70.1 Å². The van der Waals surface area contributed by atoms with Gasteiger partial charge in [0.1, 0.15) is 32.7 Å². The molecule has 6 nitrogen and oxygen atoms in total. The van der Waals surface area contributed by atoms with E-state index in [2.05, 4.69) is 19.9 Å². The van der Waals surface area contributed by atoms with Crippen LogP contribution in [0.15, 0.2) is 84.2 Å². The zero-order chi connectivity index (χ0) is 33.2. The van der Waals surface area contributed by atoms with Gasteiger partial charge in [0.05, 0.1) is 5.02 Å². The Labute approximate surface area is 283 Å². The van der Waals surface area contributed by atoms with Crippen LogP contribution in [0.3, 0.4) is 0 Å². The molecule has 0 aliphatic carbocycles. The summed E-state index contributed by atoms with van der Waals surface area (Å²) >= 11 is 18.9. The van der Waals surface area contributed by atoms with Gasteiger partial charge in [0.15, 0.2) is 11.2 Å². The molecule has 0 fully saturated rings. The molecule has 0 spiro atoms. The number of thioether (sulfide) groups is 3. The van der Waals surface area contributed by atoms with E-state index in [0.717, 1.165) is 10.6 Å². The van der Waals surface area contributed by atoms with Gasteiger partial charge in [-0.15, -0.1) is 11.8 Å². The Hall–Kier alpha value is -2.82. The summed E-state index contributed by atoms with van der Waals surface area (Å²) in [6.45, 7) is 2.00. The van der Waals surface area contributed by atoms with Gasteiger partial charge in [-0.25, -0.2) is 19.9 Å². The topological polar surface area (TPSA) is 77.8 Å². The van der Waals surface area contributed by atoms with E-state index in [9.17, 15) is 26.3 Å². The van der Waals surface area contributed by atoms with Gasteiger partial charge in [0.25, 0.3) is 0 Å². The lowest BCUT2D eigenvalue weighted by Crippen LogP contribution is -1.98. The monoisotopic (exact) mass is 754 g/mol. The van der Waals surface area contributed by atoms with Gasteiger partial charge in [0.2, 0.25) is 11.8 Å². The van der Waals surface area contributed by atoms with Crippen LogP contribution in [0, 0.1) is 0 Å². The molecular formula is C28H15Cl3F6N4O2S3. The van der Waals surface area contributed by atoms with Gasteiger partial charge in [0, 0.05) is 14.7 Å². The number of aromatic nitrogens is 4. The van der Waals surface area contributed by atoms with Crippen molar-refractivity contribution in [2.24, 2.45) is 0 Å². The number of hydrogen-bond acceptors (Lipinski definition) is 9. The van der Waals surface area contributed by atoms with Gasteiger partial charge >= 0.3 is 11.0 Å². The summed E-state index contributed by atoms with van der Waals surface area (Å²) in [5.74, 6) is 1.15. The van der Waals surface area contributed by atoms with Gasteiger partial charge in [-0.2, -0.15) is 26.3 Å². The molecule has 0 unspecified atom stereocenters. The lowest BCUT2D eigenvalue weighted by atomic mass is 10.3. The third kappa shape index (κ3) is 8.95. The molecule has 0 saturated carbocycles. The van der Waals surface area contributed by atoms with Crippen molar-refractivity contribution in [3.63, 3.8) is 0 Å². The number of hydrogen-bond donors (Lipinski definition) is 0. The van der Waals surface area contributed by atoms with Crippen LogP contribution in [-0.4, -0.2) is 36.7 Å². The van der Waals surface area contributed by atoms with E-state index in [0.29, 0.717) is 27.5 Å². The van der Waals surface area contributed by atoms with Crippen molar-refractivity contribution < 1.29 is 35.2 Å². The van der Waals surface area contributed by atoms with Gasteiger partial charge in [-0.1, -0.05) is 41.7 Å². The first-order valence-electron chi connectivity index (χ1n) is 12.6. The zero-order valence-corrected chi connectivity index (χ0v) is 27.4. The Morgan fingerprint density at radius 3 is 1.61 bits per heavy atom. The summed E-state index contributed by atoms with van der Waals surface area (Å²) < 4.78 is 85.7. The molecule has 46 heavy (non-hydrogen) atoms. The lowest BCUT2D eigenvalue weighted by molar-refractivity contribution is -0.0337. The Balaban J connectivity index is 0.000000182. The van der Waals surface area contributed by atoms with Crippen LogP contribution in [0.1, 0.15) is 6.92 Å². The molecule has 0 radical (unpaired) electrons. The standard InChI is InChI=1S/C15H10ClF3N2OS2.C13H5Cl2F3N2OS/c1-2-23-11-5-6-12(16)21-13(11)14-20-9-7-8(24-15(17,18)19)3-4-10(9)22-14;14-7-2-4-10(15)20-11(7)12-19-8-5-6(22-13(16,17)18)1-3-9(8)21-12/h3-7H,2H2,1H3;1-5H. The molecule has 0 atom stereocenters. The minimum absolute atomic E-state index is 0.0185. The predicted octanol–water partition coefficient (Wildman–Crippen LogP) is 12.1. The number of nitrogens with zero attached hydrogens (tertiary/aromatic N) is 4. The number of pyridine rings is 2. The molecule has 0 amide bonds. The summed E-state index contributed by atoms with van der Waals surface area (Å²) in [4.78, 5) is 17.6. The second kappa shape index (κ2) is 14.1. The molecule has 4 aromatic heterocycles. The Kier molecular flexibility index (Phi) is 10.6. The van der Waals surface area contributed by atoms with Crippen LogP contribution in [-0.2, 0) is 0 Å². The maximum atomic E-state index is 12.5. The predicted molar refractivity (Wildman–Crippen MR) is 170 cm³/mol. The molecule has 6 aromatic rings. The molecule has 0 aliphatic rings. The number of oxazole rings is 2. The maximum absolute atomic E-state index is 12.5. The fraction of sp³-hybridized carbons (Fsp3) is 0.143. The lowest BCUT2D eigenvalue weighted by Gasteiger charge is -2.04. The van der Waals surface area contributed by atoms with Crippen molar-refractivity contribution >= 4 is 92.3 Å². The van der Waals surface area contributed by atoms with Crippen LogP contribution in [0.25, 0.3) is 45.4 Å². The van der Waals surface area contributed by atoms with Gasteiger partial charge in [-0.3, -0.25) is 0 Å². The van der Waals surface area contributed by atoms with E-state index in [4.69, 9.17) is 43.6 Å². The Morgan fingerprint density at radius 2 is 1.11 bits per heavy atom. The van der Waals surface area contributed by atoms with Crippen LogP contribution in [0.2, 0.25) is 15.3 Å². The number of halogens is 9.